The summed E-state index contributed by atoms with van der Waals surface area (Å²) >= 11 is 0. The van der Waals surface area contributed by atoms with Gasteiger partial charge in [-0.1, -0.05) is 0 Å². The van der Waals surface area contributed by atoms with Gasteiger partial charge in [0.15, 0.2) is 5.65 Å². The van der Waals surface area contributed by atoms with Crippen LogP contribution in [0.4, 0.5) is 0 Å². The summed E-state index contributed by atoms with van der Waals surface area (Å²) in [5.41, 5.74) is 0.303. The number of aryl methyl sites for hydroxylation is 1. The van der Waals surface area contributed by atoms with Gasteiger partial charge in [0.1, 0.15) is 18.3 Å². The van der Waals surface area contributed by atoms with Gasteiger partial charge in [0.05, 0.1) is 6.20 Å². The van der Waals surface area contributed by atoms with E-state index in [1.54, 1.807) is 16.6 Å². The zero-order valence-corrected chi connectivity index (χ0v) is 11.9. The van der Waals surface area contributed by atoms with Gasteiger partial charge < -0.3 is 10.2 Å². The highest BCUT2D eigenvalue weighted by Crippen LogP contribution is 2.04. The molecule has 1 fully saturated rings. The summed E-state index contributed by atoms with van der Waals surface area (Å²) in [6.07, 6.45) is 3.84. The van der Waals surface area contributed by atoms with E-state index in [-0.39, 0.29) is 18.0 Å². The maximum Gasteiger partial charge on any atom is 0.264 e. The Hall–Kier alpha value is -2.22. The van der Waals surface area contributed by atoms with Crippen molar-refractivity contribution in [3.8, 4) is 0 Å². The van der Waals surface area contributed by atoms with Gasteiger partial charge in [0, 0.05) is 26.7 Å². The number of carbonyl (C=O) groups excluding carboxylic acids is 1. The van der Waals surface area contributed by atoms with Crippen LogP contribution in [0.15, 0.2) is 17.3 Å². The molecule has 3 heterocycles. The number of hydrogen-bond donors (Lipinski definition) is 1. The fraction of sp³-hybridized carbons (Fsp3) is 0.538. The van der Waals surface area contributed by atoms with Gasteiger partial charge in [-0.05, 0) is 13.0 Å². The highest BCUT2D eigenvalue weighted by molar-refractivity contribution is 5.77. The minimum atomic E-state index is -0.227. The molecule has 1 saturated heterocycles. The third kappa shape index (κ3) is 2.66. The van der Waals surface area contributed by atoms with E-state index < -0.39 is 0 Å². The highest BCUT2D eigenvalue weighted by atomic mass is 16.2. The molecule has 0 saturated carbocycles. The number of aromatic nitrogens is 4. The van der Waals surface area contributed by atoms with Gasteiger partial charge in [0.2, 0.25) is 5.91 Å². The number of fused-ring (bicyclic) bond motifs is 1. The summed E-state index contributed by atoms with van der Waals surface area (Å²) in [7, 11) is 1.73. The molecule has 0 spiro atoms. The molecule has 1 aliphatic rings. The third-order valence-electron chi connectivity index (χ3n) is 3.72. The molecule has 112 valence electrons. The highest BCUT2D eigenvalue weighted by Gasteiger charge is 2.17. The monoisotopic (exact) mass is 290 g/mol. The van der Waals surface area contributed by atoms with Gasteiger partial charge in [-0.15, -0.1) is 0 Å². The Morgan fingerprint density at radius 2 is 2.24 bits per heavy atom. The van der Waals surface area contributed by atoms with E-state index in [2.05, 4.69) is 15.4 Å². The molecule has 0 aromatic carbocycles. The normalized spacial score (nSPS) is 16.1. The van der Waals surface area contributed by atoms with Crippen molar-refractivity contribution < 1.29 is 4.79 Å². The first kappa shape index (κ1) is 13.7. The lowest BCUT2D eigenvalue weighted by Gasteiger charge is -2.20. The quantitative estimate of drug-likeness (QED) is 0.763. The number of nitrogens with zero attached hydrogens (tertiary/aromatic N) is 5. The number of carbonyl (C=O) groups is 1. The number of rotatable bonds is 2. The maximum absolute atomic E-state index is 12.3. The largest absolute Gasteiger partial charge is 0.340 e. The molecule has 1 N–H and O–H groups in total. The molecular weight excluding hydrogens is 272 g/mol. The summed E-state index contributed by atoms with van der Waals surface area (Å²) in [4.78, 5) is 30.6. The third-order valence-corrected chi connectivity index (χ3v) is 3.72. The van der Waals surface area contributed by atoms with E-state index >= 15 is 0 Å². The van der Waals surface area contributed by atoms with Crippen LogP contribution in [0.3, 0.4) is 0 Å². The first-order valence-electron chi connectivity index (χ1n) is 7.02. The first-order chi connectivity index (χ1) is 10.2. The second-order valence-corrected chi connectivity index (χ2v) is 5.17. The first-order valence-corrected chi connectivity index (χ1v) is 7.02. The second kappa shape index (κ2) is 5.65. The van der Waals surface area contributed by atoms with Crippen LogP contribution in [-0.2, 0) is 18.4 Å². The fourth-order valence-corrected chi connectivity index (χ4v) is 2.52. The molecule has 0 unspecified atom stereocenters. The molecule has 2 aromatic rings. The van der Waals surface area contributed by atoms with Crippen LogP contribution in [0, 0.1) is 0 Å². The van der Waals surface area contributed by atoms with Crippen LogP contribution < -0.4 is 10.9 Å². The minimum Gasteiger partial charge on any atom is -0.340 e. The van der Waals surface area contributed by atoms with Crippen molar-refractivity contribution in [2.45, 2.75) is 13.0 Å². The summed E-state index contributed by atoms with van der Waals surface area (Å²) in [5, 5.41) is 7.70. The Balaban J connectivity index is 1.82. The van der Waals surface area contributed by atoms with E-state index in [1.165, 1.54) is 17.1 Å². The molecular formula is C13H18N6O2. The average molecular weight is 290 g/mol. The van der Waals surface area contributed by atoms with Gasteiger partial charge in [-0.25, -0.2) is 4.98 Å². The Kier molecular flexibility index (Phi) is 3.70. The van der Waals surface area contributed by atoms with E-state index in [0.717, 1.165) is 26.1 Å². The Morgan fingerprint density at radius 1 is 1.38 bits per heavy atom. The van der Waals surface area contributed by atoms with Crippen molar-refractivity contribution in [3.05, 3.63) is 22.9 Å². The van der Waals surface area contributed by atoms with Gasteiger partial charge in [-0.2, -0.15) is 5.10 Å². The SMILES string of the molecule is Cn1ncc2c(=O)n(CC(=O)N3CCCNCC3)cnc21. The Morgan fingerprint density at radius 3 is 3.10 bits per heavy atom. The average Bonchev–Trinajstić information content (AvgIpc) is 2.70. The van der Waals surface area contributed by atoms with Gasteiger partial charge in [0.25, 0.3) is 5.56 Å². The molecule has 21 heavy (non-hydrogen) atoms. The van der Waals surface area contributed by atoms with Crippen molar-refractivity contribution in [1.82, 2.24) is 29.5 Å². The van der Waals surface area contributed by atoms with E-state index in [0.29, 0.717) is 17.6 Å². The molecule has 3 rings (SSSR count). The number of hydrogen-bond acceptors (Lipinski definition) is 5. The molecule has 8 nitrogen and oxygen atoms in total. The molecule has 0 atom stereocenters. The van der Waals surface area contributed by atoms with E-state index in [9.17, 15) is 9.59 Å². The second-order valence-electron chi connectivity index (χ2n) is 5.17. The maximum atomic E-state index is 12.3. The zero-order valence-electron chi connectivity index (χ0n) is 11.9. The lowest BCUT2D eigenvalue weighted by molar-refractivity contribution is -0.131. The predicted molar refractivity (Wildman–Crippen MR) is 76.8 cm³/mol. The molecule has 1 aliphatic heterocycles. The van der Waals surface area contributed by atoms with E-state index in [1.807, 2.05) is 0 Å². The van der Waals surface area contributed by atoms with Crippen LogP contribution in [0.1, 0.15) is 6.42 Å². The molecule has 2 aromatic heterocycles. The van der Waals surface area contributed by atoms with Crippen molar-refractivity contribution >= 4 is 16.9 Å². The molecule has 8 heteroatoms. The van der Waals surface area contributed by atoms with Crippen LogP contribution in [-0.4, -0.2) is 56.3 Å². The summed E-state index contributed by atoms with van der Waals surface area (Å²) < 4.78 is 2.90. The summed E-state index contributed by atoms with van der Waals surface area (Å²) in [5.74, 6) is -0.0501. The summed E-state index contributed by atoms with van der Waals surface area (Å²) in [6.45, 7) is 3.14. The number of nitrogens with one attached hydrogen (secondary N) is 1. The van der Waals surface area contributed by atoms with E-state index in [4.69, 9.17) is 0 Å². The standard InChI is InChI=1S/C13H18N6O2/c1-17-12-10(7-16-17)13(21)19(9-15-12)8-11(20)18-5-2-3-14-4-6-18/h7,9,14H,2-6,8H2,1H3. The number of amides is 1. The summed E-state index contributed by atoms with van der Waals surface area (Å²) in [6, 6.07) is 0. The Bertz CT molecular complexity index is 711. The van der Waals surface area contributed by atoms with Crippen molar-refractivity contribution in [2.75, 3.05) is 26.2 Å². The van der Waals surface area contributed by atoms with Crippen LogP contribution in [0.25, 0.3) is 11.0 Å². The molecule has 0 radical (unpaired) electrons. The molecule has 1 amide bonds. The topological polar surface area (TPSA) is 85.0 Å². The minimum absolute atomic E-state index is 0.0245. The van der Waals surface area contributed by atoms with Crippen molar-refractivity contribution in [1.29, 1.82) is 0 Å². The van der Waals surface area contributed by atoms with Crippen molar-refractivity contribution in [3.63, 3.8) is 0 Å². The smallest absolute Gasteiger partial charge is 0.264 e. The van der Waals surface area contributed by atoms with Gasteiger partial charge >= 0.3 is 0 Å². The van der Waals surface area contributed by atoms with Crippen LogP contribution >= 0.6 is 0 Å². The van der Waals surface area contributed by atoms with Gasteiger partial charge in [-0.3, -0.25) is 18.8 Å². The van der Waals surface area contributed by atoms with Crippen LogP contribution in [0.5, 0.6) is 0 Å². The lowest BCUT2D eigenvalue weighted by atomic mass is 10.3. The molecule has 0 bridgehead atoms. The lowest BCUT2D eigenvalue weighted by Crippen LogP contribution is -2.38. The van der Waals surface area contributed by atoms with Crippen molar-refractivity contribution in [2.24, 2.45) is 7.05 Å². The predicted octanol–water partition coefficient (Wildman–Crippen LogP) is -1.05. The fourth-order valence-electron chi connectivity index (χ4n) is 2.52. The Labute approximate surface area is 121 Å². The van der Waals surface area contributed by atoms with Crippen LogP contribution in [0.2, 0.25) is 0 Å². The zero-order chi connectivity index (χ0) is 14.8. The molecule has 0 aliphatic carbocycles.